The number of anilines is 1. The second-order valence-corrected chi connectivity index (χ2v) is 4.76. The van der Waals surface area contributed by atoms with Crippen LogP contribution in [0.5, 0.6) is 0 Å². The Kier molecular flexibility index (Phi) is 5.94. The zero-order valence-electron chi connectivity index (χ0n) is 9.44. The van der Waals surface area contributed by atoms with Crippen LogP contribution >= 0.6 is 23.4 Å². The summed E-state index contributed by atoms with van der Waals surface area (Å²) in [7, 11) is 0. The third-order valence-electron chi connectivity index (χ3n) is 1.89. The van der Waals surface area contributed by atoms with Crippen LogP contribution in [0.3, 0.4) is 0 Å². The van der Waals surface area contributed by atoms with Crippen LogP contribution in [0, 0.1) is 0 Å². The number of allylic oxidation sites excluding steroid dienone is 1. The second kappa shape index (κ2) is 7.25. The Bertz CT molecular complexity index is 402. The Morgan fingerprint density at radius 2 is 2.06 bits per heavy atom. The van der Waals surface area contributed by atoms with Gasteiger partial charge in [-0.25, -0.2) is 0 Å². The first-order chi connectivity index (χ1) is 8.15. The molecule has 0 heterocycles. The molecule has 92 valence electrons. The molecule has 1 amide bonds. The molecule has 0 aliphatic rings. The smallest absolute Gasteiger partial charge is 0.265 e. The number of halogens is 1. The molecule has 17 heavy (non-hydrogen) atoms. The highest BCUT2D eigenvalue weighted by Crippen LogP contribution is 2.21. The van der Waals surface area contributed by atoms with E-state index < -0.39 is 0 Å². The van der Waals surface area contributed by atoms with E-state index in [-0.39, 0.29) is 11.7 Å². The number of carbonyl (C=O) groups excluding carboxylic acids is 1. The summed E-state index contributed by atoms with van der Waals surface area (Å²) in [5.74, 6) is 0.705. The largest absolute Gasteiger partial charge is 0.511 e. The number of nitrogens with one attached hydrogen (secondary N) is 1. The fourth-order valence-electron chi connectivity index (χ4n) is 1.18. The molecule has 0 spiro atoms. The van der Waals surface area contributed by atoms with Gasteiger partial charge in [0, 0.05) is 17.3 Å². The quantitative estimate of drug-likeness (QED) is 0.490. The summed E-state index contributed by atoms with van der Waals surface area (Å²) in [6, 6.07) is 9.10. The van der Waals surface area contributed by atoms with Gasteiger partial charge in [-0.3, -0.25) is 4.79 Å². The molecular weight excluding hydrogens is 258 g/mol. The number of alkyl halides is 1. The van der Waals surface area contributed by atoms with Gasteiger partial charge < -0.3 is 10.4 Å². The first kappa shape index (κ1) is 13.9. The molecule has 1 rings (SSSR count). The number of aliphatic hydroxyl groups is 1. The van der Waals surface area contributed by atoms with E-state index in [9.17, 15) is 9.90 Å². The topological polar surface area (TPSA) is 49.3 Å². The molecule has 0 aliphatic carbocycles. The molecule has 0 saturated carbocycles. The maximum atomic E-state index is 11.9. The molecule has 3 nitrogen and oxygen atoms in total. The van der Waals surface area contributed by atoms with Crippen molar-refractivity contribution in [1.82, 2.24) is 0 Å². The minimum Gasteiger partial charge on any atom is -0.511 e. The van der Waals surface area contributed by atoms with Crippen LogP contribution in [-0.2, 0) is 4.79 Å². The molecule has 0 aliphatic heterocycles. The van der Waals surface area contributed by atoms with E-state index in [2.05, 4.69) is 5.32 Å². The number of amides is 1. The van der Waals surface area contributed by atoms with E-state index in [1.807, 2.05) is 18.2 Å². The lowest BCUT2D eigenvalue weighted by molar-refractivity contribution is -0.112. The van der Waals surface area contributed by atoms with Crippen molar-refractivity contribution >= 4 is 35.0 Å². The average molecular weight is 272 g/mol. The monoisotopic (exact) mass is 271 g/mol. The zero-order valence-corrected chi connectivity index (χ0v) is 11.0. The van der Waals surface area contributed by atoms with Crippen LogP contribution in [0.25, 0.3) is 0 Å². The molecule has 1 aromatic rings. The summed E-state index contributed by atoms with van der Waals surface area (Å²) >= 11 is 6.80. The van der Waals surface area contributed by atoms with Gasteiger partial charge in [-0.15, -0.1) is 23.4 Å². The maximum absolute atomic E-state index is 11.9. The van der Waals surface area contributed by atoms with Crippen molar-refractivity contribution in [2.75, 3.05) is 16.9 Å². The fourth-order valence-corrected chi connectivity index (χ4v) is 2.09. The highest BCUT2D eigenvalue weighted by Gasteiger charge is 2.13. The van der Waals surface area contributed by atoms with Crippen LogP contribution in [0.15, 0.2) is 41.0 Å². The Morgan fingerprint density at radius 3 is 2.59 bits per heavy atom. The van der Waals surface area contributed by atoms with E-state index in [0.29, 0.717) is 22.2 Å². The number of carbonyl (C=O) groups is 1. The molecule has 0 bridgehead atoms. The van der Waals surface area contributed by atoms with Crippen LogP contribution in [0.4, 0.5) is 5.69 Å². The SMILES string of the molecule is CC(O)=C(SCCCl)C(=O)Nc1ccccc1. The summed E-state index contributed by atoms with van der Waals surface area (Å²) in [4.78, 5) is 12.2. The van der Waals surface area contributed by atoms with Gasteiger partial charge in [-0.05, 0) is 19.1 Å². The third-order valence-corrected chi connectivity index (χ3v) is 3.48. The molecule has 0 atom stereocenters. The lowest BCUT2D eigenvalue weighted by Crippen LogP contribution is -2.14. The van der Waals surface area contributed by atoms with Crippen molar-refractivity contribution in [3.05, 3.63) is 41.0 Å². The number of hydrogen-bond donors (Lipinski definition) is 2. The van der Waals surface area contributed by atoms with Crippen molar-refractivity contribution in [3.63, 3.8) is 0 Å². The number of hydrogen-bond acceptors (Lipinski definition) is 3. The van der Waals surface area contributed by atoms with Gasteiger partial charge in [0.05, 0.1) is 0 Å². The van der Waals surface area contributed by atoms with E-state index in [0.717, 1.165) is 0 Å². The number of aliphatic hydroxyl groups excluding tert-OH is 1. The lowest BCUT2D eigenvalue weighted by atomic mass is 10.3. The number of para-hydroxylation sites is 1. The standard InChI is InChI=1S/C12H14ClNO2S/c1-9(15)11(17-8-7-13)12(16)14-10-5-3-2-4-6-10/h2-6,15H,7-8H2,1H3,(H,14,16). The van der Waals surface area contributed by atoms with Crippen LogP contribution in [0.2, 0.25) is 0 Å². The Hall–Kier alpha value is -1.13. The first-order valence-corrected chi connectivity index (χ1v) is 6.62. The summed E-state index contributed by atoms with van der Waals surface area (Å²) in [5, 5.41) is 12.2. The minimum atomic E-state index is -0.314. The Labute approximate surface area is 110 Å². The van der Waals surface area contributed by atoms with Crippen molar-refractivity contribution in [2.45, 2.75) is 6.92 Å². The predicted octanol–water partition coefficient (Wildman–Crippen LogP) is 3.39. The van der Waals surface area contributed by atoms with E-state index in [4.69, 9.17) is 11.6 Å². The summed E-state index contributed by atoms with van der Waals surface area (Å²) < 4.78 is 0. The molecule has 0 radical (unpaired) electrons. The predicted molar refractivity (Wildman–Crippen MR) is 73.6 cm³/mol. The lowest BCUT2D eigenvalue weighted by Gasteiger charge is -2.08. The third kappa shape index (κ3) is 4.71. The first-order valence-electron chi connectivity index (χ1n) is 5.10. The molecule has 0 unspecified atom stereocenters. The summed E-state index contributed by atoms with van der Waals surface area (Å²) in [6.07, 6.45) is 0. The fraction of sp³-hybridized carbons (Fsp3) is 0.250. The van der Waals surface area contributed by atoms with Crippen molar-refractivity contribution in [1.29, 1.82) is 0 Å². The van der Waals surface area contributed by atoms with Gasteiger partial charge in [0.1, 0.15) is 10.7 Å². The number of thioether (sulfide) groups is 1. The average Bonchev–Trinajstić information content (AvgIpc) is 2.30. The molecule has 0 saturated heterocycles. The highest BCUT2D eigenvalue weighted by molar-refractivity contribution is 8.04. The van der Waals surface area contributed by atoms with Crippen molar-refractivity contribution < 1.29 is 9.90 Å². The Morgan fingerprint density at radius 1 is 1.41 bits per heavy atom. The van der Waals surface area contributed by atoms with E-state index in [1.54, 1.807) is 12.1 Å². The zero-order chi connectivity index (χ0) is 12.7. The summed E-state index contributed by atoms with van der Waals surface area (Å²) in [5.41, 5.74) is 0.697. The number of rotatable bonds is 5. The van der Waals surface area contributed by atoms with Gasteiger partial charge >= 0.3 is 0 Å². The van der Waals surface area contributed by atoms with Crippen LogP contribution < -0.4 is 5.32 Å². The van der Waals surface area contributed by atoms with Gasteiger partial charge in [0.25, 0.3) is 5.91 Å². The van der Waals surface area contributed by atoms with E-state index >= 15 is 0 Å². The molecular formula is C12H14ClNO2S. The summed E-state index contributed by atoms with van der Waals surface area (Å²) in [6.45, 7) is 1.49. The maximum Gasteiger partial charge on any atom is 0.265 e. The normalized spacial score (nSPS) is 11.9. The minimum absolute atomic E-state index is 0.00791. The number of benzene rings is 1. The highest BCUT2D eigenvalue weighted by atomic mass is 35.5. The van der Waals surface area contributed by atoms with Gasteiger partial charge in [0.2, 0.25) is 0 Å². The molecule has 2 N–H and O–H groups in total. The molecule has 5 heteroatoms. The molecule has 1 aromatic carbocycles. The van der Waals surface area contributed by atoms with Crippen molar-refractivity contribution in [3.8, 4) is 0 Å². The molecule has 0 aromatic heterocycles. The molecule has 0 fully saturated rings. The van der Waals surface area contributed by atoms with Crippen molar-refractivity contribution in [2.24, 2.45) is 0 Å². The van der Waals surface area contributed by atoms with Gasteiger partial charge in [-0.2, -0.15) is 0 Å². The van der Waals surface area contributed by atoms with Crippen LogP contribution in [-0.4, -0.2) is 22.6 Å². The van der Waals surface area contributed by atoms with Gasteiger partial charge in [0.15, 0.2) is 0 Å². The van der Waals surface area contributed by atoms with Crippen LogP contribution in [0.1, 0.15) is 6.92 Å². The Balaban J connectivity index is 2.70. The second-order valence-electron chi connectivity index (χ2n) is 3.27. The van der Waals surface area contributed by atoms with Gasteiger partial charge in [-0.1, -0.05) is 18.2 Å². The van der Waals surface area contributed by atoms with E-state index in [1.165, 1.54) is 18.7 Å².